The Balaban J connectivity index is 0.000000182. The van der Waals surface area contributed by atoms with Gasteiger partial charge in [-0.05, 0) is 118 Å². The minimum absolute atomic E-state index is 0.00739. The van der Waals surface area contributed by atoms with Crippen LogP contribution in [-0.2, 0) is 52.1 Å². The molecule has 0 bridgehead atoms. The lowest BCUT2D eigenvalue weighted by molar-refractivity contribution is 0.0686. The largest absolute Gasteiger partial charge is 0.478 e. The van der Waals surface area contributed by atoms with Crippen LogP contribution in [-0.4, -0.2) is 98.0 Å². The smallest absolute Gasteiger partial charge is 0.335 e. The van der Waals surface area contributed by atoms with E-state index in [-0.39, 0.29) is 104 Å². The highest BCUT2D eigenvalue weighted by Gasteiger charge is 2.29. The number of aromatic nitrogens is 8. The molecule has 12 N–H and O–H groups in total. The molecule has 2 aliphatic rings. The molecule has 10 aromatic rings. The van der Waals surface area contributed by atoms with Crippen LogP contribution < -0.4 is 64.2 Å². The topological polar surface area (TPSA) is 410 Å². The molecule has 0 saturated heterocycles. The fourth-order valence-corrected chi connectivity index (χ4v) is 10.7. The highest BCUT2D eigenvalue weighted by molar-refractivity contribution is 7.71. The van der Waals surface area contributed by atoms with Crippen LogP contribution in [0.15, 0.2) is 116 Å². The summed E-state index contributed by atoms with van der Waals surface area (Å²) in [6.45, 7) is 2.45. The van der Waals surface area contributed by atoms with Gasteiger partial charge in [-0.2, -0.15) is 0 Å². The fraction of sp³-hybridized carbons (Fsp3) is 0.172. The maximum absolute atomic E-state index is 13.4. The second-order valence-corrected chi connectivity index (χ2v) is 21.3. The van der Waals surface area contributed by atoms with Crippen LogP contribution in [0.4, 0.5) is 22.7 Å². The van der Waals surface area contributed by atoms with Gasteiger partial charge in [0.2, 0.25) is 9.54 Å². The molecular weight excluding hydrogens is 1180 g/mol. The summed E-state index contributed by atoms with van der Waals surface area (Å²) >= 11 is 10.5. The number of nitrogens with zero attached hydrogens (tertiary/aromatic N) is 8. The number of anilines is 4. The molecule has 2 aliphatic heterocycles. The van der Waals surface area contributed by atoms with Crippen molar-refractivity contribution < 1.29 is 39.0 Å². The maximum Gasteiger partial charge on any atom is 0.335 e. The predicted octanol–water partition coefficient (Wildman–Crippen LogP) is 2.17. The van der Waals surface area contributed by atoms with Crippen molar-refractivity contribution in [1.29, 1.82) is 0 Å². The quantitative estimate of drug-likeness (QED) is 0.0489. The minimum Gasteiger partial charge on any atom is -0.478 e. The van der Waals surface area contributed by atoms with Gasteiger partial charge in [0.25, 0.3) is 56.9 Å². The summed E-state index contributed by atoms with van der Waals surface area (Å²) < 4.78 is 2.87. The van der Waals surface area contributed by atoms with Gasteiger partial charge in [0.15, 0.2) is 0 Å². The molecule has 88 heavy (non-hydrogen) atoms. The molecule has 0 aliphatic carbocycles. The van der Waals surface area contributed by atoms with Crippen LogP contribution in [0.2, 0.25) is 0 Å². The Morgan fingerprint density at radius 1 is 0.477 bits per heavy atom. The standard InChI is InChI=1S/2C29H24N8O6S/c30-21-22(24(39)23(21)38)36-8-7-16-4-3-15(9-18(16)13-36)12-31-25(40)19-10-20(37-28(33-19)34-35-29(37)44)26(41)32-11-14-1-5-17(6-2-14)27(42)43;30-21-22(24(39)23(21)38)36-8-7-16-4-3-15(9-18(16)13-36)12-32-26(41)20-10-19(33-28-34-35-29(44)37(20)28)25(40)31-11-14-1-5-17(6-2-14)27(42)43/h2*1-6,9-10H,7-8,11-13,30H2,(H,31,40)(H,32,41)(H,35,44)(H,42,43). The zero-order chi connectivity index (χ0) is 62.2. The van der Waals surface area contributed by atoms with Gasteiger partial charge in [0.05, 0.1) is 11.1 Å². The summed E-state index contributed by atoms with van der Waals surface area (Å²) in [5, 5.41) is 42.4. The van der Waals surface area contributed by atoms with Crippen molar-refractivity contribution in [2.75, 3.05) is 34.4 Å². The van der Waals surface area contributed by atoms with Crippen molar-refractivity contribution >= 4 is 94.3 Å². The Labute approximate surface area is 503 Å². The predicted molar refractivity (Wildman–Crippen MR) is 322 cm³/mol. The molecular formula is C58H48N16O12S2. The number of nitrogens with one attached hydrogen (secondary N) is 6. The van der Waals surface area contributed by atoms with Gasteiger partial charge < -0.3 is 52.7 Å². The minimum atomic E-state index is -1.05. The summed E-state index contributed by atoms with van der Waals surface area (Å²) in [5.41, 5.74) is 16.8. The molecule has 30 heteroatoms. The van der Waals surface area contributed by atoms with Gasteiger partial charge in [-0.3, -0.25) is 38.4 Å². The zero-order valence-electron chi connectivity index (χ0n) is 45.8. The number of carboxylic acids is 2. The normalized spacial score (nSPS) is 12.7. The number of aromatic carboxylic acids is 2. The van der Waals surface area contributed by atoms with Crippen molar-refractivity contribution in [3.8, 4) is 0 Å². The van der Waals surface area contributed by atoms with Crippen molar-refractivity contribution in [3.63, 3.8) is 0 Å². The Hall–Kier alpha value is -11.4. The Bertz CT molecular complexity index is 4820. The third kappa shape index (κ3) is 11.6. The molecule has 0 saturated carbocycles. The van der Waals surface area contributed by atoms with Gasteiger partial charge in [0, 0.05) is 52.4 Å². The summed E-state index contributed by atoms with van der Waals surface area (Å²) in [7, 11) is 0. The maximum atomic E-state index is 13.4. The molecule has 0 spiro atoms. The lowest BCUT2D eigenvalue weighted by Gasteiger charge is -2.32. The first-order chi connectivity index (χ1) is 42.2. The van der Waals surface area contributed by atoms with Gasteiger partial charge in [-0.25, -0.2) is 38.6 Å². The van der Waals surface area contributed by atoms with E-state index in [2.05, 4.69) is 51.6 Å². The monoisotopic (exact) mass is 1220 g/mol. The molecule has 0 fully saturated rings. The Kier molecular flexibility index (Phi) is 15.9. The van der Waals surface area contributed by atoms with Gasteiger partial charge >= 0.3 is 11.9 Å². The lowest BCUT2D eigenvalue weighted by Crippen LogP contribution is -2.44. The lowest BCUT2D eigenvalue weighted by atomic mass is 9.96. The zero-order valence-corrected chi connectivity index (χ0v) is 47.5. The van der Waals surface area contributed by atoms with Crippen LogP contribution in [0, 0.1) is 9.54 Å². The average molecular weight is 1230 g/mol. The molecule has 0 atom stereocenters. The van der Waals surface area contributed by atoms with E-state index >= 15 is 0 Å². The van der Waals surface area contributed by atoms with Crippen LogP contribution >= 0.6 is 24.4 Å². The molecule has 444 valence electrons. The molecule has 6 heterocycles. The summed E-state index contributed by atoms with van der Waals surface area (Å²) in [6, 6.07) is 26.3. The SMILES string of the molecule is Nc1c(N2CCc3ccc(CNC(=O)c4cc(C(=O)NCc5ccc(C(=O)O)cc5)n5c(=S)[nH]nc5n4)cc3C2)c(=O)c1=O.Nc1c(N2CCc3ccc(CNC(=O)c4cc(C(=O)NCc5ccc(C(=O)O)cc5)nc5n[nH]c(=S)n45)cc3C2)c(=O)c1=O. The number of H-pyrrole nitrogens is 2. The summed E-state index contributed by atoms with van der Waals surface area (Å²) in [5.74, 6) is -4.23. The van der Waals surface area contributed by atoms with Crippen molar-refractivity contribution in [2.45, 2.75) is 52.1 Å². The number of carbonyl (C=O) groups excluding carboxylic acids is 4. The number of rotatable bonds is 16. The van der Waals surface area contributed by atoms with E-state index in [4.69, 9.17) is 46.1 Å². The number of nitrogen functional groups attached to an aromatic ring is 2. The number of carboxylic acid groups (broad SMARTS) is 2. The van der Waals surface area contributed by atoms with Crippen molar-refractivity contribution in [2.24, 2.45) is 0 Å². The van der Waals surface area contributed by atoms with Gasteiger partial charge in [-0.1, -0.05) is 60.7 Å². The first-order valence-electron chi connectivity index (χ1n) is 26.8. The van der Waals surface area contributed by atoms with Crippen LogP contribution in [0.5, 0.6) is 0 Å². The molecule has 4 amide bonds. The fourth-order valence-electron chi connectivity index (χ4n) is 10.3. The highest BCUT2D eigenvalue weighted by atomic mass is 32.1. The van der Waals surface area contributed by atoms with E-state index in [1.807, 2.05) is 36.4 Å². The number of hydrogen-bond donors (Lipinski definition) is 10. The van der Waals surface area contributed by atoms with E-state index < -0.39 is 57.3 Å². The third-order valence-electron chi connectivity index (χ3n) is 15.0. The molecule has 4 aromatic heterocycles. The van der Waals surface area contributed by atoms with Crippen molar-refractivity contribution in [3.05, 3.63) is 226 Å². The number of hydrogen-bond acceptors (Lipinski definition) is 20. The van der Waals surface area contributed by atoms with Crippen molar-refractivity contribution in [1.82, 2.24) is 60.4 Å². The first kappa shape index (κ1) is 58.4. The number of nitrogens with two attached hydrogens (primary N) is 2. The van der Waals surface area contributed by atoms with E-state index in [0.29, 0.717) is 50.1 Å². The highest BCUT2D eigenvalue weighted by Crippen LogP contribution is 2.28. The second kappa shape index (κ2) is 23.9. The molecule has 0 unspecified atom stereocenters. The van der Waals surface area contributed by atoms with Gasteiger partial charge in [0.1, 0.15) is 45.5 Å². The van der Waals surface area contributed by atoms with Crippen LogP contribution in [0.3, 0.4) is 0 Å². The second-order valence-electron chi connectivity index (χ2n) is 20.5. The molecule has 28 nitrogen and oxygen atoms in total. The van der Waals surface area contributed by atoms with E-state index in [1.165, 1.54) is 45.2 Å². The number of fused-ring (bicyclic) bond motifs is 4. The summed E-state index contributed by atoms with van der Waals surface area (Å²) in [6.07, 6.45) is 1.35. The number of benzene rings is 4. The third-order valence-corrected chi connectivity index (χ3v) is 15.5. The average Bonchev–Trinajstić information content (AvgIpc) is 2.07. The van der Waals surface area contributed by atoms with Gasteiger partial charge in [-0.15, -0.1) is 10.2 Å². The molecule has 12 rings (SSSR count). The van der Waals surface area contributed by atoms with Crippen LogP contribution in [0.1, 0.15) is 107 Å². The number of amides is 4. The Morgan fingerprint density at radius 2 is 0.830 bits per heavy atom. The molecule has 6 aromatic carbocycles. The Morgan fingerprint density at radius 3 is 1.19 bits per heavy atom. The number of carbonyl (C=O) groups is 6. The number of aromatic amines is 2. The first-order valence-corrected chi connectivity index (χ1v) is 27.6. The van der Waals surface area contributed by atoms with E-state index in [9.17, 15) is 47.9 Å². The molecule has 0 radical (unpaired) electrons. The van der Waals surface area contributed by atoms with Crippen LogP contribution in [0.25, 0.3) is 11.6 Å². The van der Waals surface area contributed by atoms with E-state index in [0.717, 1.165) is 33.4 Å². The summed E-state index contributed by atoms with van der Waals surface area (Å²) in [4.78, 5) is 134. The van der Waals surface area contributed by atoms with E-state index in [1.54, 1.807) is 34.1 Å².